The van der Waals surface area contributed by atoms with Gasteiger partial charge in [-0.15, -0.1) is 0 Å². The molecular weight excluding hydrogens is 384 g/mol. The second kappa shape index (κ2) is 12.4. The van der Waals surface area contributed by atoms with E-state index in [4.69, 9.17) is 9.47 Å². The summed E-state index contributed by atoms with van der Waals surface area (Å²) in [4.78, 5) is 0. The number of nitrogens with one attached hydrogen (secondary N) is 2. The number of hydrogen-bond acceptors (Lipinski definition) is 4. The highest BCUT2D eigenvalue weighted by molar-refractivity contribution is 5.32. The highest BCUT2D eigenvalue weighted by atomic mass is 16.5. The van der Waals surface area contributed by atoms with Gasteiger partial charge in [0, 0.05) is 13.1 Å². The monoisotopic (exact) mass is 422 g/mol. The van der Waals surface area contributed by atoms with Crippen molar-refractivity contribution in [2.45, 2.75) is 57.2 Å². The van der Waals surface area contributed by atoms with Crippen molar-refractivity contribution in [1.82, 2.24) is 10.6 Å². The number of rotatable bonds is 12. The third-order valence-corrected chi connectivity index (χ3v) is 6.55. The van der Waals surface area contributed by atoms with Gasteiger partial charge in [0.25, 0.3) is 0 Å². The van der Waals surface area contributed by atoms with Gasteiger partial charge in [-0.05, 0) is 61.0 Å². The smallest absolute Gasteiger partial charge is 0.0952 e. The minimum atomic E-state index is 0.219. The van der Waals surface area contributed by atoms with E-state index in [0.717, 1.165) is 52.2 Å². The van der Waals surface area contributed by atoms with Crippen molar-refractivity contribution >= 4 is 0 Å². The first-order valence-corrected chi connectivity index (χ1v) is 12.2. The molecule has 2 heterocycles. The topological polar surface area (TPSA) is 42.5 Å². The molecule has 0 bridgehead atoms. The lowest BCUT2D eigenvalue weighted by atomic mass is 9.97. The normalized spacial score (nSPS) is 20.3. The number of fused-ring (bicyclic) bond motifs is 2. The summed E-state index contributed by atoms with van der Waals surface area (Å²) < 4.78 is 11.9. The largest absolute Gasteiger partial charge is 0.372 e. The summed E-state index contributed by atoms with van der Waals surface area (Å²) in [6.45, 7) is 5.70. The van der Waals surface area contributed by atoms with Crippen molar-refractivity contribution in [3.05, 3.63) is 70.8 Å². The first-order valence-electron chi connectivity index (χ1n) is 12.2. The molecule has 0 aliphatic carbocycles. The van der Waals surface area contributed by atoms with Crippen molar-refractivity contribution < 1.29 is 9.47 Å². The van der Waals surface area contributed by atoms with Gasteiger partial charge in [-0.2, -0.15) is 0 Å². The Kier molecular flexibility index (Phi) is 8.95. The van der Waals surface area contributed by atoms with Crippen molar-refractivity contribution in [1.29, 1.82) is 0 Å². The molecule has 2 aliphatic heterocycles. The molecule has 2 N–H and O–H groups in total. The summed E-state index contributed by atoms with van der Waals surface area (Å²) >= 11 is 0. The summed E-state index contributed by atoms with van der Waals surface area (Å²) in [6.07, 6.45) is 8.93. The summed E-state index contributed by atoms with van der Waals surface area (Å²) in [5.74, 6) is 0. The number of unbranched alkanes of at least 4 members (excludes halogenated alkanes) is 4. The van der Waals surface area contributed by atoms with Gasteiger partial charge in [0.2, 0.25) is 0 Å². The Morgan fingerprint density at radius 2 is 1.06 bits per heavy atom. The maximum atomic E-state index is 5.97. The Morgan fingerprint density at radius 1 is 0.613 bits per heavy atom. The SMILES string of the molecule is c1ccc2c(c1)CCOC2CNCCCCCCCNCC1OCCc2ccccc21. The van der Waals surface area contributed by atoms with E-state index in [1.807, 2.05) is 0 Å². The zero-order chi connectivity index (χ0) is 21.1. The molecule has 0 fully saturated rings. The van der Waals surface area contributed by atoms with E-state index < -0.39 is 0 Å². The molecular formula is C27H38N2O2. The molecule has 0 saturated carbocycles. The van der Waals surface area contributed by atoms with Gasteiger partial charge in [-0.25, -0.2) is 0 Å². The Balaban J connectivity index is 0.999. The van der Waals surface area contributed by atoms with Crippen LogP contribution in [-0.2, 0) is 22.3 Å². The fraction of sp³-hybridized carbons (Fsp3) is 0.556. The second-order valence-corrected chi connectivity index (χ2v) is 8.79. The van der Waals surface area contributed by atoms with Crippen molar-refractivity contribution in [3.8, 4) is 0 Å². The first-order chi connectivity index (χ1) is 15.4. The van der Waals surface area contributed by atoms with E-state index in [1.54, 1.807) is 0 Å². The maximum absolute atomic E-state index is 5.97. The number of hydrogen-bond donors (Lipinski definition) is 2. The van der Waals surface area contributed by atoms with Gasteiger partial charge in [0.1, 0.15) is 0 Å². The predicted molar refractivity (Wildman–Crippen MR) is 127 cm³/mol. The van der Waals surface area contributed by atoms with Crippen LogP contribution in [0.4, 0.5) is 0 Å². The van der Waals surface area contributed by atoms with Gasteiger partial charge in [0.15, 0.2) is 0 Å². The van der Waals surface area contributed by atoms with Crippen LogP contribution in [0.1, 0.15) is 66.6 Å². The molecule has 2 aromatic rings. The van der Waals surface area contributed by atoms with Crippen molar-refractivity contribution in [2.75, 3.05) is 39.4 Å². The fourth-order valence-electron chi connectivity index (χ4n) is 4.79. The molecule has 168 valence electrons. The summed E-state index contributed by atoms with van der Waals surface area (Å²) in [7, 11) is 0. The van der Waals surface area contributed by atoms with Crippen LogP contribution < -0.4 is 10.6 Å². The van der Waals surface area contributed by atoms with Gasteiger partial charge in [-0.3, -0.25) is 0 Å². The molecule has 0 aromatic heterocycles. The Morgan fingerprint density at radius 3 is 1.58 bits per heavy atom. The second-order valence-electron chi connectivity index (χ2n) is 8.79. The summed E-state index contributed by atoms with van der Waals surface area (Å²) in [6, 6.07) is 17.4. The van der Waals surface area contributed by atoms with Crippen LogP contribution in [0.15, 0.2) is 48.5 Å². The van der Waals surface area contributed by atoms with E-state index in [-0.39, 0.29) is 12.2 Å². The summed E-state index contributed by atoms with van der Waals surface area (Å²) in [5.41, 5.74) is 5.65. The molecule has 4 heteroatoms. The Labute approximate surface area is 187 Å². The van der Waals surface area contributed by atoms with Crippen LogP contribution in [0.5, 0.6) is 0 Å². The molecule has 4 rings (SSSR count). The van der Waals surface area contributed by atoms with E-state index in [2.05, 4.69) is 59.2 Å². The zero-order valence-corrected chi connectivity index (χ0v) is 18.8. The first kappa shape index (κ1) is 22.5. The highest BCUT2D eigenvalue weighted by Crippen LogP contribution is 2.27. The molecule has 0 amide bonds. The zero-order valence-electron chi connectivity index (χ0n) is 18.8. The molecule has 2 atom stereocenters. The lowest BCUT2D eigenvalue weighted by Crippen LogP contribution is -2.28. The minimum Gasteiger partial charge on any atom is -0.372 e. The van der Waals surface area contributed by atoms with Gasteiger partial charge < -0.3 is 20.1 Å². The molecule has 2 aromatic carbocycles. The fourth-order valence-corrected chi connectivity index (χ4v) is 4.79. The van der Waals surface area contributed by atoms with Crippen molar-refractivity contribution in [2.24, 2.45) is 0 Å². The third kappa shape index (κ3) is 6.63. The average molecular weight is 423 g/mol. The third-order valence-electron chi connectivity index (χ3n) is 6.55. The Hall–Kier alpha value is -1.72. The van der Waals surface area contributed by atoms with Crippen LogP contribution in [0.3, 0.4) is 0 Å². The summed E-state index contributed by atoms with van der Waals surface area (Å²) in [5, 5.41) is 7.20. The van der Waals surface area contributed by atoms with Gasteiger partial charge in [-0.1, -0.05) is 67.8 Å². The quantitative estimate of drug-likeness (QED) is 0.485. The molecule has 0 radical (unpaired) electrons. The molecule has 2 aliphatic rings. The maximum Gasteiger partial charge on any atom is 0.0952 e. The average Bonchev–Trinajstić information content (AvgIpc) is 2.82. The Bertz CT molecular complexity index is 729. The highest BCUT2D eigenvalue weighted by Gasteiger charge is 2.20. The predicted octanol–water partition coefficient (Wildman–Crippen LogP) is 4.74. The molecule has 0 saturated heterocycles. The molecule has 0 spiro atoms. The van der Waals surface area contributed by atoms with Crippen LogP contribution in [-0.4, -0.2) is 39.4 Å². The standard InChI is InChI=1S/C27H38N2O2/c1(2-8-16-28-20-26-24-12-6-4-10-22(24)14-18-30-26)3-9-17-29-21-27-25-13-7-5-11-23(25)15-19-31-27/h4-7,10-13,26-29H,1-3,8-9,14-21H2. The van der Waals surface area contributed by atoms with Gasteiger partial charge in [0.05, 0.1) is 25.4 Å². The lowest BCUT2D eigenvalue weighted by Gasteiger charge is -2.26. The van der Waals surface area contributed by atoms with E-state index >= 15 is 0 Å². The van der Waals surface area contributed by atoms with Gasteiger partial charge >= 0.3 is 0 Å². The van der Waals surface area contributed by atoms with Crippen LogP contribution in [0.25, 0.3) is 0 Å². The number of ether oxygens (including phenoxy) is 2. The van der Waals surface area contributed by atoms with Crippen LogP contribution >= 0.6 is 0 Å². The number of benzene rings is 2. The van der Waals surface area contributed by atoms with Crippen LogP contribution in [0, 0.1) is 0 Å². The van der Waals surface area contributed by atoms with E-state index in [9.17, 15) is 0 Å². The van der Waals surface area contributed by atoms with E-state index in [0.29, 0.717) is 0 Å². The molecule has 31 heavy (non-hydrogen) atoms. The van der Waals surface area contributed by atoms with E-state index in [1.165, 1.54) is 54.4 Å². The lowest BCUT2D eigenvalue weighted by molar-refractivity contribution is 0.0426. The molecule has 4 nitrogen and oxygen atoms in total. The van der Waals surface area contributed by atoms with Crippen LogP contribution in [0.2, 0.25) is 0 Å². The molecule has 2 unspecified atom stereocenters. The van der Waals surface area contributed by atoms with Crippen molar-refractivity contribution in [3.63, 3.8) is 0 Å². The minimum absolute atomic E-state index is 0.219.